The van der Waals surface area contributed by atoms with Crippen LogP contribution in [-0.4, -0.2) is 26.9 Å². The number of rotatable bonds is 0. The zero-order valence-electron chi connectivity index (χ0n) is 3.45. The first-order chi connectivity index (χ1) is 1.73. The molecule has 5 heavy (non-hydrogen) atoms. The van der Waals surface area contributed by atoms with E-state index in [1.807, 2.05) is 0 Å². The normalized spacial score (nSPS) is 7.20. The first-order valence-electron chi connectivity index (χ1n) is 0.894. The van der Waals surface area contributed by atoms with Crippen LogP contribution in [0.5, 0.6) is 0 Å². The molecule has 0 fully saturated rings. The van der Waals surface area contributed by atoms with Crippen LogP contribution in [0.25, 0.3) is 0 Å². The fourth-order valence-corrected chi connectivity index (χ4v) is 0. The van der Waals surface area contributed by atoms with Crippen molar-refractivity contribution in [3.63, 3.8) is 0 Å². The summed E-state index contributed by atoms with van der Waals surface area (Å²) >= 11 is 0. The van der Waals surface area contributed by atoms with Gasteiger partial charge in [-0.3, -0.25) is 0 Å². The van der Waals surface area contributed by atoms with Gasteiger partial charge in [-0.25, -0.2) is 0 Å². The molecule has 0 amide bonds. The molecule has 0 saturated carbocycles. The van der Waals surface area contributed by atoms with E-state index in [-0.39, 0.29) is 18.9 Å². The van der Waals surface area contributed by atoms with E-state index in [1.165, 1.54) is 0 Å². The Hall–Kier alpha value is 0.622. The second kappa shape index (κ2) is 4.62. The quantitative estimate of drug-likeness (QED) is 0.259. The maximum absolute atomic E-state index is 2.25. The molecule has 0 radical (unpaired) electrons. The molecule has 0 aromatic carbocycles. The molecule has 0 aliphatic heterocycles. The van der Waals surface area contributed by atoms with E-state index < -0.39 is 0 Å². The van der Waals surface area contributed by atoms with Crippen LogP contribution in [0.4, 0.5) is 0 Å². The molecule has 0 aromatic heterocycles. The molecule has 26 valence electrons. The summed E-state index contributed by atoms with van der Waals surface area (Å²) < 4.78 is 0. The maximum Gasteiger partial charge on any atom is 1.00 e. The minimum absolute atomic E-state index is 0. The number of hydrogen-bond acceptors (Lipinski definition) is 1. The SMILES string of the molecule is [BH3-]N(C)C.[Li+]. The summed E-state index contributed by atoms with van der Waals surface area (Å²) in [6.07, 6.45) is 0. The van der Waals surface area contributed by atoms with Crippen LogP contribution in [0, 0.1) is 0 Å². The largest absolute Gasteiger partial charge is 1.00 e. The van der Waals surface area contributed by atoms with E-state index in [1.54, 1.807) is 0 Å². The molecule has 0 bridgehead atoms. The van der Waals surface area contributed by atoms with Crippen molar-refractivity contribution >= 4 is 7.98 Å². The van der Waals surface area contributed by atoms with Crippen molar-refractivity contribution in [3.8, 4) is 0 Å². The van der Waals surface area contributed by atoms with Gasteiger partial charge in [-0.15, -0.1) is 0 Å². The third-order valence-corrected chi connectivity index (χ3v) is 0. The fourth-order valence-electron chi connectivity index (χ4n) is 0. The van der Waals surface area contributed by atoms with Gasteiger partial charge in [0, 0.05) is 7.98 Å². The van der Waals surface area contributed by atoms with Crippen LogP contribution < -0.4 is 18.9 Å². The predicted molar refractivity (Wildman–Crippen MR) is 23.6 cm³/mol. The molecule has 0 spiro atoms. The van der Waals surface area contributed by atoms with Gasteiger partial charge in [-0.05, 0) is 0 Å². The van der Waals surface area contributed by atoms with Gasteiger partial charge in [0.15, 0.2) is 0 Å². The zero-order chi connectivity index (χ0) is 3.58. The van der Waals surface area contributed by atoms with Crippen molar-refractivity contribution in [2.24, 2.45) is 0 Å². The van der Waals surface area contributed by atoms with Crippen LogP contribution >= 0.6 is 0 Å². The third-order valence-electron chi connectivity index (χ3n) is 0. The molecule has 0 heterocycles. The van der Waals surface area contributed by atoms with Crippen molar-refractivity contribution < 1.29 is 18.9 Å². The van der Waals surface area contributed by atoms with Gasteiger partial charge >= 0.3 is 18.9 Å². The van der Waals surface area contributed by atoms with Crippen molar-refractivity contribution in [3.05, 3.63) is 0 Å². The van der Waals surface area contributed by atoms with E-state index >= 15 is 0 Å². The fraction of sp³-hybridized carbons (Fsp3) is 1.00. The van der Waals surface area contributed by atoms with Crippen LogP contribution in [-0.2, 0) is 0 Å². The second-order valence-corrected chi connectivity index (χ2v) is 0.447. The Labute approximate surface area is 46.3 Å². The molecule has 0 rings (SSSR count). The number of nitrogens with zero attached hydrogens (tertiary/aromatic N) is 1. The van der Waals surface area contributed by atoms with Gasteiger partial charge in [-0.1, -0.05) is 14.1 Å². The Morgan fingerprint density at radius 2 is 1.40 bits per heavy atom. The van der Waals surface area contributed by atoms with Crippen molar-refractivity contribution in [1.82, 2.24) is 4.81 Å². The Bertz CT molecular complexity index is 14.4. The smallest absolute Gasteiger partial charge is 0.489 e. The third kappa shape index (κ3) is 82.1. The van der Waals surface area contributed by atoms with Crippen molar-refractivity contribution in [1.29, 1.82) is 0 Å². The summed E-state index contributed by atoms with van der Waals surface area (Å²) in [6, 6.07) is 0. The molecule has 0 unspecified atom stereocenters. The van der Waals surface area contributed by atoms with E-state index in [4.69, 9.17) is 0 Å². The van der Waals surface area contributed by atoms with Gasteiger partial charge in [0.25, 0.3) is 0 Å². The molecule has 0 saturated heterocycles. The molecule has 0 aromatic rings. The van der Waals surface area contributed by atoms with Gasteiger partial charge in [0.1, 0.15) is 0 Å². The molecule has 0 aliphatic carbocycles. The van der Waals surface area contributed by atoms with Gasteiger partial charge in [-0.2, -0.15) is 0 Å². The van der Waals surface area contributed by atoms with Crippen LogP contribution in [0.2, 0.25) is 0 Å². The monoisotopic (exact) mass is 65.1 g/mol. The second-order valence-electron chi connectivity index (χ2n) is 0.447. The van der Waals surface area contributed by atoms with Gasteiger partial charge < -0.3 is 4.81 Å². The van der Waals surface area contributed by atoms with Crippen molar-refractivity contribution in [2.75, 3.05) is 14.1 Å². The minimum atomic E-state index is 0. The average molecular weight is 64.9 g/mol. The summed E-state index contributed by atoms with van der Waals surface area (Å²) in [4.78, 5) is 2.25. The van der Waals surface area contributed by atoms with E-state index in [0.29, 0.717) is 7.98 Å². The van der Waals surface area contributed by atoms with E-state index in [9.17, 15) is 0 Å². The number of hydrogen-bond donors (Lipinski definition) is 0. The minimum Gasteiger partial charge on any atom is -0.489 e. The Morgan fingerprint density at radius 1 is 1.40 bits per heavy atom. The molecule has 1 nitrogen and oxygen atoms in total. The maximum atomic E-state index is 2.25. The molecule has 0 N–H and O–H groups in total. The summed E-state index contributed by atoms with van der Waals surface area (Å²) in [5, 5.41) is 0. The standard InChI is InChI=1S/C2H9BN.Li/c1-4(2)3;/h1-3H3;/q-1;+1. The van der Waals surface area contributed by atoms with Gasteiger partial charge in [0.05, 0.1) is 0 Å². The average Bonchev–Trinajstić information content (AvgIpc) is 0.811. The molecular weight excluding hydrogens is 55.8 g/mol. The van der Waals surface area contributed by atoms with Crippen molar-refractivity contribution in [2.45, 2.75) is 0 Å². The first-order valence-corrected chi connectivity index (χ1v) is 0.894. The molecule has 0 atom stereocenters. The van der Waals surface area contributed by atoms with Crippen LogP contribution in [0.1, 0.15) is 0 Å². The zero-order valence-corrected chi connectivity index (χ0v) is 3.45. The summed E-state index contributed by atoms with van der Waals surface area (Å²) in [7, 11) is 4.75. The van der Waals surface area contributed by atoms with E-state index in [2.05, 4.69) is 18.9 Å². The Morgan fingerprint density at radius 3 is 1.40 bits per heavy atom. The topological polar surface area (TPSA) is 3.24 Å². The van der Waals surface area contributed by atoms with Crippen LogP contribution in [0.15, 0.2) is 0 Å². The summed E-state index contributed by atoms with van der Waals surface area (Å²) in [5.41, 5.74) is 0. The summed E-state index contributed by atoms with van der Waals surface area (Å²) in [5.74, 6) is 0. The Balaban J connectivity index is 0. The van der Waals surface area contributed by atoms with E-state index in [0.717, 1.165) is 0 Å². The molecular formula is C2H9BLiN. The Kier molecular flexibility index (Phi) is 8.46. The predicted octanol–water partition coefficient (Wildman–Crippen LogP) is -4.17. The first kappa shape index (κ1) is 9.16. The molecule has 0 aliphatic rings. The van der Waals surface area contributed by atoms with Gasteiger partial charge in [0.2, 0.25) is 0 Å². The summed E-state index contributed by atoms with van der Waals surface area (Å²) in [6.45, 7) is 0. The molecule has 3 heteroatoms. The van der Waals surface area contributed by atoms with Crippen LogP contribution in [0.3, 0.4) is 0 Å².